The maximum Gasteiger partial charge on any atom is 0.0731 e. The Morgan fingerprint density at radius 1 is 1.69 bits per heavy atom. The zero-order valence-corrected chi connectivity index (χ0v) is 7.64. The van der Waals surface area contributed by atoms with Crippen molar-refractivity contribution in [1.82, 2.24) is 0 Å². The lowest BCUT2D eigenvalue weighted by molar-refractivity contribution is -0.492. The number of aliphatic hydroxyl groups excluding tert-OH is 2. The number of ether oxygens (including phenoxy) is 1. The fraction of sp³-hybridized carbons (Fsp3) is 1.00. The van der Waals surface area contributed by atoms with Gasteiger partial charge in [0.05, 0.1) is 14.0 Å². The van der Waals surface area contributed by atoms with Crippen molar-refractivity contribution in [2.45, 2.75) is 24.4 Å². The molecule has 0 aromatic carbocycles. The Morgan fingerprint density at radius 3 is 2.69 bits per heavy atom. The summed E-state index contributed by atoms with van der Waals surface area (Å²) in [7, 11) is 5.58. The second-order valence-electron chi connectivity index (χ2n) is 3.65. The quantitative estimate of drug-likeness (QED) is 0.502. The van der Waals surface area contributed by atoms with Gasteiger partial charge in [-0.2, -0.15) is 0 Å². The zero-order chi connectivity index (χ0) is 10.1. The second-order valence-corrected chi connectivity index (χ2v) is 3.65. The summed E-state index contributed by atoms with van der Waals surface area (Å²) in [6, 6.07) is 0. The predicted molar refractivity (Wildman–Crippen MR) is 45.3 cm³/mol. The third-order valence-electron chi connectivity index (χ3n) is 2.57. The van der Waals surface area contributed by atoms with E-state index in [-0.39, 0.29) is 19.0 Å². The lowest BCUT2D eigenvalue weighted by atomic mass is 9.75. The van der Waals surface area contributed by atoms with E-state index >= 15 is 0 Å². The number of hydrogen-bond donors (Lipinski definition) is 2. The largest absolute Gasteiger partial charge is 0.846 e. The van der Waals surface area contributed by atoms with Gasteiger partial charge >= 0.3 is 0 Å². The molecule has 4 nitrogen and oxygen atoms in total. The number of rotatable bonds is 3. The minimum Gasteiger partial charge on any atom is -0.846 e. The molecule has 74 valence electrons. The molecule has 1 saturated heterocycles. The summed E-state index contributed by atoms with van der Waals surface area (Å²) >= 11 is 0. The SMILES string of the molecule is [B][C@H](C)[C@H]1OC[C@@]([O-])(CO)C1CO. The van der Waals surface area contributed by atoms with Crippen molar-refractivity contribution in [3.8, 4) is 0 Å². The third kappa shape index (κ3) is 1.88. The molecule has 13 heavy (non-hydrogen) atoms. The Kier molecular flexibility index (Phi) is 3.35. The molecule has 4 atom stereocenters. The van der Waals surface area contributed by atoms with E-state index in [0.717, 1.165) is 0 Å². The first-order valence-corrected chi connectivity index (χ1v) is 4.34. The van der Waals surface area contributed by atoms with Gasteiger partial charge in [0.2, 0.25) is 0 Å². The van der Waals surface area contributed by atoms with Crippen molar-refractivity contribution >= 4 is 7.85 Å². The van der Waals surface area contributed by atoms with E-state index in [2.05, 4.69) is 0 Å². The molecule has 1 aliphatic heterocycles. The van der Waals surface area contributed by atoms with Crippen LogP contribution in [-0.4, -0.2) is 49.6 Å². The summed E-state index contributed by atoms with van der Waals surface area (Å²) in [6.45, 7) is 0.815. The van der Waals surface area contributed by atoms with Crippen LogP contribution in [0, 0.1) is 5.92 Å². The van der Waals surface area contributed by atoms with Crippen molar-refractivity contribution in [2.24, 2.45) is 5.92 Å². The molecule has 0 bridgehead atoms. The van der Waals surface area contributed by atoms with Crippen molar-refractivity contribution < 1.29 is 20.1 Å². The van der Waals surface area contributed by atoms with Gasteiger partial charge in [-0.25, -0.2) is 0 Å². The van der Waals surface area contributed by atoms with Gasteiger partial charge in [0.1, 0.15) is 0 Å². The first-order chi connectivity index (χ1) is 6.05. The van der Waals surface area contributed by atoms with Crippen LogP contribution in [0.25, 0.3) is 0 Å². The summed E-state index contributed by atoms with van der Waals surface area (Å²) in [5, 5.41) is 29.6. The fourth-order valence-electron chi connectivity index (χ4n) is 1.71. The van der Waals surface area contributed by atoms with Crippen LogP contribution in [0.2, 0.25) is 5.82 Å². The van der Waals surface area contributed by atoms with E-state index in [1.165, 1.54) is 0 Å². The maximum atomic E-state index is 11.8. The predicted octanol–water partition coefficient (Wildman–Crippen LogP) is -1.94. The highest BCUT2D eigenvalue weighted by molar-refractivity contribution is 6.11. The van der Waals surface area contributed by atoms with Crippen molar-refractivity contribution in [2.75, 3.05) is 19.8 Å². The Morgan fingerprint density at radius 2 is 2.31 bits per heavy atom. The molecule has 0 aliphatic carbocycles. The molecule has 1 rings (SSSR count). The summed E-state index contributed by atoms with van der Waals surface area (Å²) < 4.78 is 5.17. The van der Waals surface area contributed by atoms with Crippen molar-refractivity contribution in [3.63, 3.8) is 0 Å². The molecule has 0 amide bonds. The minimum atomic E-state index is -1.59. The summed E-state index contributed by atoms with van der Waals surface area (Å²) in [4.78, 5) is 0. The molecule has 1 aliphatic rings. The highest BCUT2D eigenvalue weighted by Gasteiger charge is 2.41. The second kappa shape index (κ2) is 3.96. The van der Waals surface area contributed by atoms with Crippen LogP contribution in [-0.2, 0) is 4.74 Å². The normalized spacial score (nSPS) is 42.2. The highest BCUT2D eigenvalue weighted by atomic mass is 16.5. The van der Waals surface area contributed by atoms with Crippen molar-refractivity contribution in [1.29, 1.82) is 0 Å². The first kappa shape index (κ1) is 11.0. The summed E-state index contributed by atoms with van der Waals surface area (Å²) in [6.07, 6.45) is -0.449. The van der Waals surface area contributed by atoms with E-state index in [0.29, 0.717) is 0 Å². The van der Waals surface area contributed by atoms with Gasteiger partial charge < -0.3 is 20.1 Å². The molecule has 0 aromatic heterocycles. The van der Waals surface area contributed by atoms with Gasteiger partial charge in [0.15, 0.2) is 0 Å². The molecule has 1 fully saturated rings. The summed E-state index contributed by atoms with van der Waals surface area (Å²) in [5.74, 6) is -0.919. The monoisotopic (exact) mass is 185 g/mol. The molecule has 1 unspecified atom stereocenters. The molecule has 0 aromatic rings. The molecular weight excluding hydrogens is 171 g/mol. The van der Waals surface area contributed by atoms with Crippen LogP contribution in [0.4, 0.5) is 0 Å². The highest BCUT2D eigenvalue weighted by Crippen LogP contribution is 2.33. The van der Waals surface area contributed by atoms with E-state index in [4.69, 9.17) is 22.8 Å². The molecule has 2 radical (unpaired) electrons. The molecule has 0 spiro atoms. The molecule has 2 N–H and O–H groups in total. The van der Waals surface area contributed by atoms with Crippen LogP contribution >= 0.6 is 0 Å². The Labute approximate surface area is 78.9 Å². The van der Waals surface area contributed by atoms with E-state index < -0.39 is 24.2 Å². The standard InChI is InChI=1S/C8H14BO4/c1-5(9)7-6(2-10)8(12,3-11)4-13-7/h5-7,10-11H,2-4H2,1H3/q-1/t5-,6?,7-,8+/m1/s1. The minimum absolute atomic E-state index is 0.0824. The van der Waals surface area contributed by atoms with Gasteiger partial charge in [-0.3, -0.25) is 0 Å². The van der Waals surface area contributed by atoms with Gasteiger partial charge in [-0.05, 0) is 0 Å². The van der Waals surface area contributed by atoms with Crippen LogP contribution in [0.15, 0.2) is 0 Å². The summed E-state index contributed by atoms with van der Waals surface area (Å²) in [5.41, 5.74) is -1.59. The molecule has 1 heterocycles. The van der Waals surface area contributed by atoms with E-state index in [1.54, 1.807) is 6.92 Å². The van der Waals surface area contributed by atoms with E-state index in [1.807, 2.05) is 0 Å². The maximum absolute atomic E-state index is 11.8. The van der Waals surface area contributed by atoms with Crippen LogP contribution in [0.3, 0.4) is 0 Å². The molecule has 0 saturated carbocycles. The van der Waals surface area contributed by atoms with Crippen LogP contribution in [0.1, 0.15) is 6.92 Å². The third-order valence-corrected chi connectivity index (χ3v) is 2.57. The smallest absolute Gasteiger partial charge is 0.0731 e. The number of hydrogen-bond acceptors (Lipinski definition) is 4. The van der Waals surface area contributed by atoms with Gasteiger partial charge in [-0.15, -0.1) is 0 Å². The fourth-order valence-corrected chi connectivity index (χ4v) is 1.71. The molecular formula is C8H14BO4-. The van der Waals surface area contributed by atoms with Gasteiger partial charge in [-0.1, -0.05) is 18.3 Å². The zero-order valence-electron chi connectivity index (χ0n) is 7.64. The Hall–Kier alpha value is -0.0951. The Balaban J connectivity index is 2.74. The Bertz CT molecular complexity index is 176. The lowest BCUT2D eigenvalue weighted by Gasteiger charge is -2.39. The van der Waals surface area contributed by atoms with Gasteiger partial charge in [0.25, 0.3) is 0 Å². The van der Waals surface area contributed by atoms with Crippen molar-refractivity contribution in [3.05, 3.63) is 0 Å². The number of aliphatic hydroxyl groups is 2. The average Bonchev–Trinajstić information content (AvgIpc) is 2.43. The average molecular weight is 185 g/mol. The van der Waals surface area contributed by atoms with Crippen LogP contribution < -0.4 is 5.11 Å². The lowest BCUT2D eigenvalue weighted by Crippen LogP contribution is -2.56. The first-order valence-electron chi connectivity index (χ1n) is 4.34. The van der Waals surface area contributed by atoms with Crippen LogP contribution in [0.5, 0.6) is 0 Å². The molecule has 5 heteroatoms. The van der Waals surface area contributed by atoms with Gasteiger partial charge in [0, 0.05) is 25.7 Å². The van der Waals surface area contributed by atoms with E-state index in [9.17, 15) is 5.11 Å². The topological polar surface area (TPSA) is 72.8 Å².